The largest absolute Gasteiger partial charge is 0.491 e. The van der Waals surface area contributed by atoms with Crippen LogP contribution in [0.3, 0.4) is 0 Å². The van der Waals surface area contributed by atoms with E-state index in [1.54, 1.807) is 18.2 Å². The number of benzene rings is 1. The lowest BCUT2D eigenvalue weighted by Gasteiger charge is -2.18. The third-order valence-corrected chi connectivity index (χ3v) is 3.32. The van der Waals surface area contributed by atoms with E-state index in [1.807, 2.05) is 0 Å². The van der Waals surface area contributed by atoms with E-state index < -0.39 is 17.9 Å². The Kier molecular flexibility index (Phi) is 4.57. The molecule has 0 fully saturated rings. The number of rotatable bonds is 5. The number of nitrogens with one attached hydrogen (secondary N) is 1. The fourth-order valence-electron chi connectivity index (χ4n) is 2.31. The molecule has 1 atom stereocenters. The molecular weight excluding hydrogens is 274 g/mol. The van der Waals surface area contributed by atoms with Gasteiger partial charge in [0.1, 0.15) is 12.4 Å². The fraction of sp³-hybridized carbons (Fsp3) is 0.400. The Bertz CT molecular complexity index is 581. The lowest BCUT2D eigenvalue weighted by atomic mass is 9.90. The quantitative estimate of drug-likeness (QED) is 0.849. The van der Waals surface area contributed by atoms with Crippen LogP contribution in [-0.2, 0) is 16.0 Å². The average Bonchev–Trinajstić information content (AvgIpc) is 2.43. The van der Waals surface area contributed by atoms with Gasteiger partial charge in [0.25, 0.3) is 0 Å². The first-order valence-corrected chi connectivity index (χ1v) is 6.76. The number of amides is 1. The van der Waals surface area contributed by atoms with Crippen LogP contribution in [-0.4, -0.2) is 35.4 Å². The summed E-state index contributed by atoms with van der Waals surface area (Å²) in [6.07, 6.45) is 2.20. The predicted octanol–water partition coefficient (Wildman–Crippen LogP) is 1.17. The SMILES string of the molecule is CC(=O)NC(COc1ccc2c(c1)CCCC2=O)C(=O)O. The van der Waals surface area contributed by atoms with Gasteiger partial charge in [-0.1, -0.05) is 0 Å². The van der Waals surface area contributed by atoms with Gasteiger partial charge in [-0.15, -0.1) is 0 Å². The van der Waals surface area contributed by atoms with E-state index in [0.717, 1.165) is 18.4 Å². The molecule has 0 radical (unpaired) electrons. The van der Waals surface area contributed by atoms with Gasteiger partial charge >= 0.3 is 5.97 Å². The van der Waals surface area contributed by atoms with Gasteiger partial charge in [-0.05, 0) is 36.6 Å². The number of ether oxygens (including phenoxy) is 1. The molecular formula is C15H17NO5. The number of carboxylic acid groups (broad SMARTS) is 1. The van der Waals surface area contributed by atoms with Crippen LogP contribution in [0.25, 0.3) is 0 Å². The Morgan fingerprint density at radius 1 is 1.38 bits per heavy atom. The van der Waals surface area contributed by atoms with Gasteiger partial charge < -0.3 is 15.2 Å². The Hall–Kier alpha value is -2.37. The Balaban J connectivity index is 2.04. The average molecular weight is 291 g/mol. The van der Waals surface area contributed by atoms with Crippen LogP contribution in [0.15, 0.2) is 18.2 Å². The van der Waals surface area contributed by atoms with Gasteiger partial charge in [0, 0.05) is 18.9 Å². The van der Waals surface area contributed by atoms with Crippen LogP contribution in [0, 0.1) is 0 Å². The highest BCUT2D eigenvalue weighted by molar-refractivity contribution is 5.98. The molecule has 6 nitrogen and oxygen atoms in total. The van der Waals surface area contributed by atoms with Crippen molar-refractivity contribution in [2.24, 2.45) is 0 Å². The zero-order chi connectivity index (χ0) is 15.4. The maximum Gasteiger partial charge on any atom is 0.329 e. The third kappa shape index (κ3) is 3.81. The summed E-state index contributed by atoms with van der Waals surface area (Å²) in [6, 6.07) is 4.02. The maximum absolute atomic E-state index is 11.7. The molecule has 0 saturated heterocycles. The fourth-order valence-corrected chi connectivity index (χ4v) is 2.31. The zero-order valence-corrected chi connectivity index (χ0v) is 11.7. The van der Waals surface area contributed by atoms with E-state index in [0.29, 0.717) is 17.7 Å². The highest BCUT2D eigenvalue weighted by atomic mass is 16.5. The molecule has 0 saturated carbocycles. The van der Waals surface area contributed by atoms with Crippen molar-refractivity contribution in [2.75, 3.05) is 6.61 Å². The number of ketones is 1. The predicted molar refractivity (Wildman–Crippen MR) is 74.4 cm³/mol. The first-order valence-electron chi connectivity index (χ1n) is 6.76. The summed E-state index contributed by atoms with van der Waals surface area (Å²) < 4.78 is 5.42. The van der Waals surface area contributed by atoms with Crippen molar-refractivity contribution in [3.05, 3.63) is 29.3 Å². The lowest BCUT2D eigenvalue weighted by Crippen LogP contribution is -2.43. The second-order valence-electron chi connectivity index (χ2n) is 5.00. The standard InChI is InChI=1S/C15H17NO5/c1-9(17)16-13(15(19)20)8-21-11-5-6-12-10(7-11)3-2-4-14(12)18/h5-7,13H,2-4,8H2,1H3,(H,16,17)(H,19,20). The Morgan fingerprint density at radius 2 is 2.14 bits per heavy atom. The van der Waals surface area contributed by atoms with Crippen LogP contribution in [0.4, 0.5) is 0 Å². The number of aryl methyl sites for hydroxylation is 1. The number of carboxylic acids is 1. The number of carbonyl (C=O) groups excluding carboxylic acids is 2. The number of fused-ring (bicyclic) bond motifs is 1. The summed E-state index contributed by atoms with van der Waals surface area (Å²) in [5, 5.41) is 11.3. The number of carbonyl (C=O) groups is 3. The summed E-state index contributed by atoms with van der Waals surface area (Å²) in [5.41, 5.74) is 1.64. The van der Waals surface area contributed by atoms with Gasteiger partial charge in [0.05, 0.1) is 0 Å². The van der Waals surface area contributed by atoms with Crippen LogP contribution in [0.2, 0.25) is 0 Å². The monoisotopic (exact) mass is 291 g/mol. The summed E-state index contributed by atoms with van der Waals surface area (Å²) >= 11 is 0. The van der Waals surface area contributed by atoms with Crippen LogP contribution in [0.1, 0.15) is 35.7 Å². The van der Waals surface area contributed by atoms with E-state index in [1.165, 1.54) is 6.92 Å². The van der Waals surface area contributed by atoms with Crippen molar-refractivity contribution >= 4 is 17.7 Å². The second-order valence-corrected chi connectivity index (χ2v) is 5.00. The molecule has 1 aromatic carbocycles. The molecule has 6 heteroatoms. The van der Waals surface area contributed by atoms with Gasteiger partial charge in [-0.2, -0.15) is 0 Å². The summed E-state index contributed by atoms with van der Waals surface area (Å²) in [4.78, 5) is 33.6. The van der Waals surface area contributed by atoms with E-state index in [9.17, 15) is 14.4 Å². The number of hydrogen-bond acceptors (Lipinski definition) is 4. The molecule has 1 aromatic rings. The summed E-state index contributed by atoms with van der Waals surface area (Å²) in [7, 11) is 0. The first-order chi connectivity index (χ1) is 9.97. The van der Waals surface area contributed by atoms with Crippen molar-refractivity contribution in [3.63, 3.8) is 0 Å². The summed E-state index contributed by atoms with van der Waals surface area (Å²) in [6.45, 7) is 1.09. The normalized spacial score (nSPS) is 15.0. The lowest BCUT2D eigenvalue weighted by molar-refractivity contribution is -0.142. The molecule has 112 valence electrons. The molecule has 1 aliphatic carbocycles. The van der Waals surface area contributed by atoms with Crippen molar-refractivity contribution in [1.29, 1.82) is 0 Å². The van der Waals surface area contributed by atoms with Crippen molar-refractivity contribution in [2.45, 2.75) is 32.2 Å². The highest BCUT2D eigenvalue weighted by Crippen LogP contribution is 2.25. The molecule has 0 aliphatic heterocycles. The van der Waals surface area contributed by atoms with E-state index in [-0.39, 0.29) is 12.4 Å². The van der Waals surface area contributed by atoms with Gasteiger partial charge in [0.15, 0.2) is 11.8 Å². The molecule has 1 unspecified atom stereocenters. The molecule has 2 N–H and O–H groups in total. The molecule has 2 rings (SSSR count). The second kappa shape index (κ2) is 6.39. The van der Waals surface area contributed by atoms with Crippen molar-refractivity contribution < 1.29 is 24.2 Å². The minimum absolute atomic E-state index is 0.129. The summed E-state index contributed by atoms with van der Waals surface area (Å²) in [5.74, 6) is -0.954. The number of hydrogen-bond donors (Lipinski definition) is 2. The van der Waals surface area contributed by atoms with Gasteiger partial charge in [-0.25, -0.2) is 4.79 Å². The minimum atomic E-state index is -1.15. The molecule has 1 aliphatic rings. The number of aliphatic carboxylic acids is 1. The van der Waals surface area contributed by atoms with Crippen LogP contribution >= 0.6 is 0 Å². The van der Waals surface area contributed by atoms with E-state index in [2.05, 4.69) is 5.32 Å². The van der Waals surface area contributed by atoms with Gasteiger partial charge in [0.2, 0.25) is 5.91 Å². The third-order valence-electron chi connectivity index (χ3n) is 3.32. The van der Waals surface area contributed by atoms with E-state index >= 15 is 0 Å². The molecule has 1 amide bonds. The zero-order valence-electron chi connectivity index (χ0n) is 11.7. The van der Waals surface area contributed by atoms with E-state index in [4.69, 9.17) is 9.84 Å². The first kappa shape index (κ1) is 15.0. The highest BCUT2D eigenvalue weighted by Gasteiger charge is 2.20. The number of Topliss-reactive ketones (excluding diaryl/α,β-unsaturated/α-hetero) is 1. The Morgan fingerprint density at radius 3 is 2.81 bits per heavy atom. The van der Waals surface area contributed by atoms with Crippen LogP contribution in [0.5, 0.6) is 5.75 Å². The van der Waals surface area contributed by atoms with Crippen molar-refractivity contribution in [3.8, 4) is 5.75 Å². The molecule has 21 heavy (non-hydrogen) atoms. The topological polar surface area (TPSA) is 92.7 Å². The van der Waals surface area contributed by atoms with Gasteiger partial charge in [-0.3, -0.25) is 9.59 Å². The molecule has 0 aromatic heterocycles. The minimum Gasteiger partial charge on any atom is -0.491 e. The van der Waals surface area contributed by atoms with Crippen molar-refractivity contribution in [1.82, 2.24) is 5.32 Å². The van der Waals surface area contributed by atoms with Crippen LogP contribution < -0.4 is 10.1 Å². The smallest absolute Gasteiger partial charge is 0.329 e. The maximum atomic E-state index is 11.7. The molecule has 0 spiro atoms. The molecule has 0 bridgehead atoms. The molecule has 0 heterocycles. The Labute approximate surface area is 122 Å².